The second-order valence-corrected chi connectivity index (χ2v) is 4.45. The molecule has 0 aliphatic heterocycles. The lowest BCUT2D eigenvalue weighted by Gasteiger charge is -2.13. The monoisotopic (exact) mass is 272 g/mol. The highest BCUT2D eigenvalue weighted by atomic mass is 79.9. The van der Waals surface area contributed by atoms with Crippen molar-refractivity contribution in [1.29, 1.82) is 0 Å². The summed E-state index contributed by atoms with van der Waals surface area (Å²) in [5.41, 5.74) is 12.4. The Kier molecular flexibility index (Phi) is 5.08. The second-order valence-electron chi connectivity index (χ2n) is 3.60. The highest BCUT2D eigenvalue weighted by molar-refractivity contribution is 9.10. The van der Waals surface area contributed by atoms with E-state index < -0.39 is 0 Å². The fourth-order valence-electron chi connectivity index (χ4n) is 1.48. The van der Waals surface area contributed by atoms with Crippen LogP contribution in [0.2, 0.25) is 0 Å². The van der Waals surface area contributed by atoms with Gasteiger partial charge in [0.15, 0.2) is 0 Å². The van der Waals surface area contributed by atoms with Crippen molar-refractivity contribution in [2.75, 3.05) is 6.54 Å². The molecule has 0 radical (unpaired) electrons. The minimum atomic E-state index is -0.0435. The topological polar surface area (TPSA) is 72.3 Å². The van der Waals surface area contributed by atoms with Crippen LogP contribution >= 0.6 is 15.9 Å². The van der Waals surface area contributed by atoms with Gasteiger partial charge in [-0.25, -0.2) is 0 Å². The molecule has 0 unspecified atom stereocenters. The number of hydrogen-bond donors (Lipinski definition) is 3. The average Bonchev–Trinajstić information content (AvgIpc) is 2.22. The second kappa shape index (κ2) is 6.10. The lowest BCUT2D eigenvalue weighted by Crippen LogP contribution is -2.11. The Hall–Kier alpha value is -0.580. The van der Waals surface area contributed by atoms with Crippen LogP contribution in [0.25, 0.3) is 0 Å². The standard InChI is InChI=1S/C11H17BrN2O/c12-10-5-4-8(15)7-9(10)11(14)3-1-2-6-13/h4-5,7,11,15H,1-3,6,13-14H2/t11-/m0/s1. The Morgan fingerprint density at radius 1 is 1.33 bits per heavy atom. The molecule has 0 spiro atoms. The maximum absolute atomic E-state index is 9.36. The Morgan fingerprint density at radius 2 is 2.07 bits per heavy atom. The van der Waals surface area contributed by atoms with Gasteiger partial charge in [-0.05, 0) is 43.1 Å². The lowest BCUT2D eigenvalue weighted by molar-refractivity contribution is 0.472. The van der Waals surface area contributed by atoms with Gasteiger partial charge in [-0.2, -0.15) is 0 Å². The highest BCUT2D eigenvalue weighted by Gasteiger charge is 2.10. The summed E-state index contributed by atoms with van der Waals surface area (Å²) in [5.74, 6) is 0.252. The zero-order valence-electron chi connectivity index (χ0n) is 8.62. The van der Waals surface area contributed by atoms with Crippen LogP contribution in [0.3, 0.4) is 0 Å². The number of hydrogen-bond acceptors (Lipinski definition) is 3. The van der Waals surface area contributed by atoms with Crippen molar-refractivity contribution in [3.05, 3.63) is 28.2 Å². The van der Waals surface area contributed by atoms with E-state index in [4.69, 9.17) is 11.5 Å². The van der Waals surface area contributed by atoms with E-state index in [1.807, 2.05) is 6.07 Å². The minimum Gasteiger partial charge on any atom is -0.508 e. The van der Waals surface area contributed by atoms with Gasteiger partial charge in [-0.3, -0.25) is 0 Å². The third-order valence-corrected chi connectivity index (χ3v) is 3.07. The van der Waals surface area contributed by atoms with Crippen molar-refractivity contribution in [3.8, 4) is 5.75 Å². The van der Waals surface area contributed by atoms with Crippen LogP contribution in [0.15, 0.2) is 22.7 Å². The molecule has 0 bridgehead atoms. The molecule has 0 saturated heterocycles. The first kappa shape index (κ1) is 12.5. The first-order chi connectivity index (χ1) is 7.15. The van der Waals surface area contributed by atoms with Crippen LogP contribution in [-0.2, 0) is 0 Å². The Labute approximate surface area is 98.6 Å². The van der Waals surface area contributed by atoms with Gasteiger partial charge in [0, 0.05) is 10.5 Å². The Balaban J connectivity index is 2.64. The molecular formula is C11H17BrN2O. The van der Waals surface area contributed by atoms with E-state index in [-0.39, 0.29) is 11.8 Å². The maximum Gasteiger partial charge on any atom is 0.115 e. The third-order valence-electron chi connectivity index (χ3n) is 2.35. The predicted octanol–water partition coefficient (Wildman–Crippen LogP) is 2.28. The number of rotatable bonds is 5. The zero-order chi connectivity index (χ0) is 11.3. The SMILES string of the molecule is NCCCC[C@H](N)c1cc(O)ccc1Br. The van der Waals surface area contributed by atoms with Crippen molar-refractivity contribution < 1.29 is 5.11 Å². The van der Waals surface area contributed by atoms with Crippen LogP contribution in [0, 0.1) is 0 Å². The maximum atomic E-state index is 9.36. The number of nitrogens with two attached hydrogens (primary N) is 2. The summed E-state index contributed by atoms with van der Waals surface area (Å²) in [6, 6.07) is 5.11. The molecule has 1 rings (SSSR count). The number of aromatic hydroxyl groups is 1. The van der Waals surface area contributed by atoms with Crippen molar-refractivity contribution in [2.45, 2.75) is 25.3 Å². The Morgan fingerprint density at radius 3 is 2.73 bits per heavy atom. The van der Waals surface area contributed by atoms with Gasteiger partial charge in [-0.1, -0.05) is 22.4 Å². The van der Waals surface area contributed by atoms with Crippen LogP contribution in [-0.4, -0.2) is 11.7 Å². The summed E-state index contributed by atoms with van der Waals surface area (Å²) in [4.78, 5) is 0. The summed E-state index contributed by atoms with van der Waals surface area (Å²) in [6.07, 6.45) is 2.89. The predicted molar refractivity (Wildman–Crippen MR) is 65.6 cm³/mol. The van der Waals surface area contributed by atoms with Gasteiger partial charge >= 0.3 is 0 Å². The average molecular weight is 273 g/mol. The van der Waals surface area contributed by atoms with Crippen LogP contribution in [0.4, 0.5) is 0 Å². The van der Waals surface area contributed by atoms with Crippen molar-refractivity contribution in [1.82, 2.24) is 0 Å². The molecule has 0 heterocycles. The molecule has 3 nitrogen and oxygen atoms in total. The smallest absolute Gasteiger partial charge is 0.115 e. The van der Waals surface area contributed by atoms with Gasteiger partial charge in [-0.15, -0.1) is 0 Å². The van der Waals surface area contributed by atoms with Gasteiger partial charge in [0.2, 0.25) is 0 Å². The number of phenolic OH excluding ortho intramolecular Hbond substituents is 1. The molecule has 5 N–H and O–H groups in total. The third kappa shape index (κ3) is 3.81. The van der Waals surface area contributed by atoms with Gasteiger partial charge in [0.25, 0.3) is 0 Å². The van der Waals surface area contributed by atoms with Gasteiger partial charge < -0.3 is 16.6 Å². The van der Waals surface area contributed by atoms with Gasteiger partial charge in [0.1, 0.15) is 5.75 Å². The van der Waals surface area contributed by atoms with E-state index >= 15 is 0 Å². The quantitative estimate of drug-likeness (QED) is 0.721. The van der Waals surface area contributed by atoms with Crippen LogP contribution in [0.5, 0.6) is 5.75 Å². The van der Waals surface area contributed by atoms with E-state index in [1.54, 1.807) is 12.1 Å². The van der Waals surface area contributed by atoms with E-state index in [9.17, 15) is 5.11 Å². The molecule has 0 aliphatic rings. The molecular weight excluding hydrogens is 256 g/mol. The molecule has 0 aromatic heterocycles. The minimum absolute atomic E-state index is 0.0435. The molecule has 4 heteroatoms. The fraction of sp³-hybridized carbons (Fsp3) is 0.455. The molecule has 1 aromatic carbocycles. The molecule has 0 fully saturated rings. The van der Waals surface area contributed by atoms with E-state index in [0.717, 1.165) is 29.3 Å². The van der Waals surface area contributed by atoms with Crippen LogP contribution < -0.4 is 11.5 Å². The summed E-state index contributed by atoms with van der Waals surface area (Å²) in [7, 11) is 0. The normalized spacial score (nSPS) is 12.7. The van der Waals surface area contributed by atoms with Crippen molar-refractivity contribution in [2.24, 2.45) is 11.5 Å². The molecule has 0 aliphatic carbocycles. The summed E-state index contributed by atoms with van der Waals surface area (Å²) < 4.78 is 0.945. The van der Waals surface area contributed by atoms with E-state index in [0.29, 0.717) is 6.54 Å². The van der Waals surface area contributed by atoms with Crippen LogP contribution in [0.1, 0.15) is 30.9 Å². The number of unbranched alkanes of at least 4 members (excludes halogenated alkanes) is 1. The number of halogens is 1. The van der Waals surface area contributed by atoms with Gasteiger partial charge in [0.05, 0.1) is 0 Å². The Bertz CT molecular complexity index is 317. The van der Waals surface area contributed by atoms with E-state index in [2.05, 4.69) is 15.9 Å². The first-order valence-corrected chi connectivity index (χ1v) is 5.88. The van der Waals surface area contributed by atoms with Crippen molar-refractivity contribution >= 4 is 15.9 Å². The number of benzene rings is 1. The molecule has 0 amide bonds. The molecule has 15 heavy (non-hydrogen) atoms. The molecule has 0 saturated carbocycles. The highest BCUT2D eigenvalue weighted by Crippen LogP contribution is 2.28. The fourth-order valence-corrected chi connectivity index (χ4v) is 2.02. The van der Waals surface area contributed by atoms with Crippen molar-refractivity contribution in [3.63, 3.8) is 0 Å². The van der Waals surface area contributed by atoms with E-state index in [1.165, 1.54) is 0 Å². The summed E-state index contributed by atoms with van der Waals surface area (Å²) in [5, 5.41) is 9.36. The molecule has 1 atom stereocenters. The molecule has 84 valence electrons. The zero-order valence-corrected chi connectivity index (χ0v) is 10.2. The summed E-state index contributed by atoms with van der Waals surface area (Å²) >= 11 is 3.42. The summed E-state index contributed by atoms with van der Waals surface area (Å²) in [6.45, 7) is 0.702. The first-order valence-electron chi connectivity index (χ1n) is 5.09. The molecule has 1 aromatic rings. The largest absolute Gasteiger partial charge is 0.508 e. The lowest BCUT2D eigenvalue weighted by atomic mass is 10.0. The number of phenols is 1.